The van der Waals surface area contributed by atoms with E-state index < -0.39 is 11.8 Å². The Bertz CT molecular complexity index is 1320. The zero-order valence-electron chi connectivity index (χ0n) is 15.9. The molecule has 5 rings (SSSR count). The standard InChI is InChI=1S/C22H18N4O4/c27-21-25-18-6-4-14(9-20(18)30-21)15-8-17(12-23-11-15)24-16-5-3-13-2-1-7-26(22(28)29)19(13)10-16/h3-6,8-12,24H,1-2,7H2,(H,25,27)(H,28,29). The van der Waals surface area contributed by atoms with E-state index in [1.165, 1.54) is 4.90 Å². The summed E-state index contributed by atoms with van der Waals surface area (Å²) in [5, 5.41) is 12.8. The van der Waals surface area contributed by atoms with Crippen LogP contribution in [0.2, 0.25) is 0 Å². The van der Waals surface area contributed by atoms with Gasteiger partial charge in [0.15, 0.2) is 5.58 Å². The van der Waals surface area contributed by atoms with Gasteiger partial charge >= 0.3 is 11.8 Å². The molecular weight excluding hydrogens is 384 g/mol. The summed E-state index contributed by atoms with van der Waals surface area (Å²) in [4.78, 5) is 31.2. The van der Waals surface area contributed by atoms with Crippen LogP contribution in [-0.4, -0.2) is 27.7 Å². The van der Waals surface area contributed by atoms with Crippen molar-refractivity contribution in [1.82, 2.24) is 9.97 Å². The number of anilines is 3. The number of fused-ring (bicyclic) bond motifs is 2. The van der Waals surface area contributed by atoms with Crippen molar-refractivity contribution < 1.29 is 14.3 Å². The number of hydrogen-bond donors (Lipinski definition) is 3. The highest BCUT2D eigenvalue weighted by molar-refractivity contribution is 5.89. The van der Waals surface area contributed by atoms with Crippen molar-refractivity contribution in [3.05, 3.63) is 71.0 Å². The van der Waals surface area contributed by atoms with Gasteiger partial charge in [-0.25, -0.2) is 9.59 Å². The first kappa shape index (κ1) is 18.0. The molecule has 0 fully saturated rings. The van der Waals surface area contributed by atoms with Crippen molar-refractivity contribution >= 4 is 34.3 Å². The molecule has 0 spiro atoms. The van der Waals surface area contributed by atoms with Gasteiger partial charge in [0, 0.05) is 24.0 Å². The maximum atomic E-state index is 11.5. The summed E-state index contributed by atoms with van der Waals surface area (Å²) < 4.78 is 5.14. The summed E-state index contributed by atoms with van der Waals surface area (Å²) in [5.41, 5.74) is 6.15. The van der Waals surface area contributed by atoms with Crippen molar-refractivity contribution in [2.45, 2.75) is 12.8 Å². The van der Waals surface area contributed by atoms with Gasteiger partial charge in [0.2, 0.25) is 0 Å². The van der Waals surface area contributed by atoms with Gasteiger partial charge < -0.3 is 14.8 Å². The quantitative estimate of drug-likeness (QED) is 0.470. The van der Waals surface area contributed by atoms with E-state index in [2.05, 4.69) is 15.3 Å². The van der Waals surface area contributed by atoms with E-state index in [0.717, 1.165) is 46.6 Å². The van der Waals surface area contributed by atoms with Crippen molar-refractivity contribution in [2.24, 2.45) is 0 Å². The minimum atomic E-state index is -0.941. The lowest BCUT2D eigenvalue weighted by Gasteiger charge is -2.27. The van der Waals surface area contributed by atoms with E-state index in [0.29, 0.717) is 17.6 Å². The van der Waals surface area contributed by atoms with Crippen LogP contribution in [0, 0.1) is 0 Å². The van der Waals surface area contributed by atoms with Gasteiger partial charge in [0.25, 0.3) is 0 Å². The third kappa shape index (κ3) is 3.28. The van der Waals surface area contributed by atoms with E-state index in [1.807, 2.05) is 30.3 Å². The van der Waals surface area contributed by atoms with Crippen molar-refractivity contribution in [3.63, 3.8) is 0 Å². The Hall–Kier alpha value is -4.07. The lowest BCUT2D eigenvalue weighted by Crippen LogP contribution is -2.34. The third-order valence-corrected chi connectivity index (χ3v) is 5.22. The molecule has 150 valence electrons. The molecule has 4 aromatic rings. The average Bonchev–Trinajstić information content (AvgIpc) is 3.12. The van der Waals surface area contributed by atoms with Crippen LogP contribution in [0.5, 0.6) is 0 Å². The number of carboxylic acid groups (broad SMARTS) is 1. The highest BCUT2D eigenvalue weighted by Gasteiger charge is 2.22. The second kappa shape index (κ2) is 7.07. The van der Waals surface area contributed by atoms with E-state index in [9.17, 15) is 14.7 Å². The molecule has 8 heteroatoms. The molecule has 0 bridgehead atoms. The number of amides is 1. The molecule has 1 aliphatic rings. The molecule has 0 unspecified atom stereocenters. The number of hydrogen-bond acceptors (Lipinski definition) is 5. The molecule has 30 heavy (non-hydrogen) atoms. The first-order valence-corrected chi connectivity index (χ1v) is 9.55. The molecule has 0 aliphatic carbocycles. The molecule has 0 saturated carbocycles. The van der Waals surface area contributed by atoms with Gasteiger partial charge in [-0.05, 0) is 54.3 Å². The van der Waals surface area contributed by atoms with Crippen molar-refractivity contribution in [3.8, 4) is 11.1 Å². The van der Waals surface area contributed by atoms with Crippen LogP contribution < -0.4 is 16.0 Å². The Balaban J connectivity index is 1.45. The number of H-pyrrole nitrogens is 1. The van der Waals surface area contributed by atoms with Crippen LogP contribution in [0.15, 0.2) is 64.1 Å². The molecule has 0 radical (unpaired) electrons. The van der Waals surface area contributed by atoms with Crippen molar-refractivity contribution in [1.29, 1.82) is 0 Å². The number of carbonyl (C=O) groups is 1. The van der Waals surface area contributed by atoms with Crippen LogP contribution in [0.4, 0.5) is 21.9 Å². The van der Waals surface area contributed by atoms with Gasteiger partial charge in [-0.3, -0.25) is 14.9 Å². The lowest BCUT2D eigenvalue weighted by molar-refractivity contribution is 0.201. The molecule has 8 nitrogen and oxygen atoms in total. The van der Waals surface area contributed by atoms with Crippen molar-refractivity contribution in [2.75, 3.05) is 16.8 Å². The molecule has 1 amide bonds. The maximum absolute atomic E-state index is 11.5. The first-order chi connectivity index (χ1) is 14.6. The Morgan fingerprint density at radius 2 is 2.00 bits per heavy atom. The van der Waals surface area contributed by atoms with E-state index in [-0.39, 0.29) is 0 Å². The van der Waals surface area contributed by atoms with Crippen LogP contribution in [-0.2, 0) is 6.42 Å². The number of aromatic amines is 1. The number of aryl methyl sites for hydroxylation is 1. The number of pyridine rings is 1. The van der Waals surface area contributed by atoms with E-state index in [1.54, 1.807) is 24.5 Å². The minimum absolute atomic E-state index is 0.485. The first-order valence-electron chi connectivity index (χ1n) is 9.55. The second-order valence-electron chi connectivity index (χ2n) is 7.19. The second-order valence-corrected chi connectivity index (χ2v) is 7.19. The summed E-state index contributed by atoms with van der Waals surface area (Å²) >= 11 is 0. The fraction of sp³-hybridized carbons (Fsp3) is 0.136. The number of benzene rings is 2. The number of rotatable bonds is 3. The Labute approximate surface area is 170 Å². The lowest BCUT2D eigenvalue weighted by atomic mass is 10.0. The Morgan fingerprint density at radius 1 is 1.10 bits per heavy atom. The normalized spacial score (nSPS) is 13.3. The fourth-order valence-corrected chi connectivity index (χ4v) is 3.81. The van der Waals surface area contributed by atoms with Crippen LogP contribution in [0.3, 0.4) is 0 Å². The summed E-state index contributed by atoms with van der Waals surface area (Å²) in [7, 11) is 0. The molecule has 2 aromatic carbocycles. The van der Waals surface area contributed by atoms with Gasteiger partial charge in [0.1, 0.15) is 0 Å². The third-order valence-electron chi connectivity index (χ3n) is 5.22. The van der Waals surface area contributed by atoms with Gasteiger partial charge in [-0.2, -0.15) is 0 Å². The highest BCUT2D eigenvalue weighted by Crippen LogP contribution is 2.32. The summed E-state index contributed by atoms with van der Waals surface area (Å²) in [5.74, 6) is -0.487. The SMILES string of the molecule is O=C(O)N1CCCc2ccc(Nc3cncc(-c4ccc5[nH]c(=O)oc5c4)c3)cc21. The fourth-order valence-electron chi connectivity index (χ4n) is 3.81. The Morgan fingerprint density at radius 3 is 2.87 bits per heavy atom. The van der Waals surface area contributed by atoms with E-state index >= 15 is 0 Å². The number of oxazole rings is 1. The number of nitrogens with zero attached hydrogens (tertiary/aromatic N) is 2. The molecule has 3 N–H and O–H groups in total. The Kier molecular flexibility index (Phi) is 4.24. The topological polar surface area (TPSA) is 111 Å². The molecule has 3 heterocycles. The smallest absolute Gasteiger partial charge is 0.417 e. The predicted octanol–water partition coefficient (Wildman–Crippen LogP) is 4.36. The van der Waals surface area contributed by atoms with Gasteiger partial charge in [-0.15, -0.1) is 0 Å². The molecular formula is C22H18N4O4. The van der Waals surface area contributed by atoms with Gasteiger partial charge in [-0.1, -0.05) is 12.1 Å². The molecule has 0 saturated heterocycles. The average molecular weight is 402 g/mol. The zero-order chi connectivity index (χ0) is 20.7. The summed E-state index contributed by atoms with van der Waals surface area (Å²) in [6.45, 7) is 0.501. The highest BCUT2D eigenvalue weighted by atomic mass is 16.4. The predicted molar refractivity (Wildman–Crippen MR) is 113 cm³/mol. The van der Waals surface area contributed by atoms with Crippen LogP contribution in [0.25, 0.3) is 22.2 Å². The minimum Gasteiger partial charge on any atom is -0.465 e. The van der Waals surface area contributed by atoms with Crippen LogP contribution in [0.1, 0.15) is 12.0 Å². The molecule has 2 aromatic heterocycles. The van der Waals surface area contributed by atoms with E-state index in [4.69, 9.17) is 4.42 Å². The molecule has 1 aliphatic heterocycles. The van der Waals surface area contributed by atoms with Gasteiger partial charge in [0.05, 0.1) is 23.1 Å². The summed E-state index contributed by atoms with van der Waals surface area (Å²) in [6.07, 6.45) is 4.18. The molecule has 0 atom stereocenters. The number of nitrogens with one attached hydrogen (secondary N) is 2. The monoisotopic (exact) mass is 402 g/mol. The largest absolute Gasteiger partial charge is 0.465 e. The zero-order valence-corrected chi connectivity index (χ0v) is 15.9. The maximum Gasteiger partial charge on any atom is 0.417 e. The summed E-state index contributed by atoms with van der Waals surface area (Å²) in [6, 6.07) is 13.2. The number of aromatic nitrogens is 2. The van der Waals surface area contributed by atoms with Crippen LogP contribution >= 0.6 is 0 Å².